The van der Waals surface area contributed by atoms with Crippen LogP contribution in [0.15, 0.2) is 51.2 Å². The van der Waals surface area contributed by atoms with Crippen LogP contribution in [0, 0.1) is 0 Å². The maximum atomic E-state index is 12.5. The molecule has 12 heteroatoms. The zero-order valence-electron chi connectivity index (χ0n) is 14.1. The van der Waals surface area contributed by atoms with Crippen LogP contribution in [-0.2, 0) is 13.3 Å². The minimum absolute atomic E-state index is 0.128. The van der Waals surface area contributed by atoms with Crippen molar-refractivity contribution in [1.29, 1.82) is 0 Å². The van der Waals surface area contributed by atoms with Gasteiger partial charge in [-0.25, -0.2) is 19.6 Å². The summed E-state index contributed by atoms with van der Waals surface area (Å²) in [4.78, 5) is 44.8. The highest BCUT2D eigenvalue weighted by molar-refractivity contribution is 5.90. The molecular formula is C16H12N6O6. The van der Waals surface area contributed by atoms with E-state index in [4.69, 9.17) is 9.84 Å². The number of nitrogens with zero attached hydrogens (tertiary/aromatic N) is 5. The fourth-order valence-corrected chi connectivity index (χ4v) is 2.52. The van der Waals surface area contributed by atoms with E-state index in [0.29, 0.717) is 17.1 Å². The van der Waals surface area contributed by atoms with Crippen molar-refractivity contribution in [2.75, 3.05) is 0 Å². The second kappa shape index (κ2) is 6.83. The van der Waals surface area contributed by atoms with E-state index in [-0.39, 0.29) is 24.4 Å². The fourth-order valence-electron chi connectivity index (χ4n) is 2.52. The molecule has 28 heavy (non-hydrogen) atoms. The molecule has 0 saturated carbocycles. The quantitative estimate of drug-likeness (QED) is 0.468. The molecule has 0 saturated heterocycles. The average Bonchev–Trinajstić information content (AvgIpc) is 3.30. The predicted molar refractivity (Wildman–Crippen MR) is 92.0 cm³/mol. The second-order valence-electron chi connectivity index (χ2n) is 5.75. The largest absolute Gasteiger partial charge is 0.477 e. The number of aromatic carboxylic acids is 1. The SMILES string of the molecule is O=C(O)c1cc2c(=O)n(COc3ccn(Cc4noc(=O)[nH]4)c3)cnc2cn1. The molecule has 0 bridgehead atoms. The number of aromatic amines is 1. The molecule has 4 aromatic rings. The Morgan fingerprint density at radius 2 is 2.18 bits per heavy atom. The Bertz CT molecular complexity index is 1280. The zero-order chi connectivity index (χ0) is 19.7. The zero-order valence-corrected chi connectivity index (χ0v) is 14.1. The molecule has 0 fully saturated rings. The first kappa shape index (κ1) is 17.2. The molecule has 0 unspecified atom stereocenters. The molecule has 0 radical (unpaired) electrons. The van der Waals surface area contributed by atoms with E-state index >= 15 is 0 Å². The van der Waals surface area contributed by atoms with E-state index in [1.54, 1.807) is 23.0 Å². The highest BCUT2D eigenvalue weighted by atomic mass is 16.5. The lowest BCUT2D eigenvalue weighted by atomic mass is 10.2. The summed E-state index contributed by atoms with van der Waals surface area (Å²) >= 11 is 0. The van der Waals surface area contributed by atoms with Crippen molar-refractivity contribution in [2.45, 2.75) is 13.3 Å². The van der Waals surface area contributed by atoms with Crippen LogP contribution in [0.25, 0.3) is 10.9 Å². The van der Waals surface area contributed by atoms with E-state index in [0.717, 1.165) is 0 Å². The summed E-state index contributed by atoms with van der Waals surface area (Å²) in [6.07, 6.45) is 5.89. The summed E-state index contributed by atoms with van der Waals surface area (Å²) in [5.41, 5.74) is -0.401. The Labute approximate surface area is 154 Å². The number of H-pyrrole nitrogens is 1. The van der Waals surface area contributed by atoms with Gasteiger partial charge in [-0.15, -0.1) is 0 Å². The topological polar surface area (TPSA) is 158 Å². The molecule has 0 atom stereocenters. The number of hydrogen-bond acceptors (Lipinski definition) is 8. The Hall–Kier alpha value is -4.22. The number of aromatic nitrogens is 6. The van der Waals surface area contributed by atoms with Crippen molar-refractivity contribution < 1.29 is 19.2 Å². The molecule has 4 rings (SSSR count). The van der Waals surface area contributed by atoms with Crippen LogP contribution >= 0.6 is 0 Å². The first-order valence-corrected chi connectivity index (χ1v) is 7.91. The van der Waals surface area contributed by atoms with Gasteiger partial charge < -0.3 is 14.4 Å². The molecule has 12 nitrogen and oxygen atoms in total. The monoisotopic (exact) mass is 384 g/mol. The van der Waals surface area contributed by atoms with Gasteiger partial charge in [-0.2, -0.15) is 0 Å². The Kier molecular flexibility index (Phi) is 4.20. The molecule has 4 aromatic heterocycles. The molecule has 4 heterocycles. The Morgan fingerprint density at radius 3 is 2.93 bits per heavy atom. The van der Waals surface area contributed by atoms with Crippen molar-refractivity contribution >= 4 is 16.9 Å². The Morgan fingerprint density at radius 1 is 1.32 bits per heavy atom. The van der Waals surface area contributed by atoms with Crippen LogP contribution in [0.1, 0.15) is 16.3 Å². The number of nitrogens with one attached hydrogen (secondary N) is 1. The van der Waals surface area contributed by atoms with Gasteiger partial charge >= 0.3 is 11.7 Å². The highest BCUT2D eigenvalue weighted by Gasteiger charge is 2.11. The lowest BCUT2D eigenvalue weighted by molar-refractivity contribution is 0.0690. The summed E-state index contributed by atoms with van der Waals surface area (Å²) in [5, 5.41) is 12.7. The third-order valence-corrected chi connectivity index (χ3v) is 3.84. The van der Waals surface area contributed by atoms with E-state index in [9.17, 15) is 14.4 Å². The smallest absolute Gasteiger partial charge is 0.438 e. The van der Waals surface area contributed by atoms with Crippen LogP contribution in [0.5, 0.6) is 5.75 Å². The standard InChI is InChI=1S/C16H12N6O6/c23-14-10-3-11(15(24)25)17-4-12(10)18-7-22(14)8-27-9-1-2-21(5-9)6-13-19-16(26)28-20-13/h1-5,7H,6,8H2,(H,24,25)(H,19,20,26). The van der Waals surface area contributed by atoms with Crippen LogP contribution in [-0.4, -0.2) is 40.3 Å². The molecule has 0 amide bonds. The van der Waals surface area contributed by atoms with Gasteiger partial charge in [0.1, 0.15) is 17.8 Å². The average molecular weight is 384 g/mol. The van der Waals surface area contributed by atoms with Crippen molar-refractivity contribution in [1.82, 2.24) is 29.2 Å². The number of carboxylic acid groups (broad SMARTS) is 1. The van der Waals surface area contributed by atoms with Crippen molar-refractivity contribution in [3.63, 3.8) is 0 Å². The van der Waals surface area contributed by atoms with Gasteiger partial charge in [-0.1, -0.05) is 5.16 Å². The number of pyridine rings is 1. The number of ether oxygens (including phenoxy) is 1. The molecule has 0 aliphatic rings. The third-order valence-electron chi connectivity index (χ3n) is 3.84. The normalized spacial score (nSPS) is 11.0. The van der Waals surface area contributed by atoms with E-state index < -0.39 is 17.3 Å². The van der Waals surface area contributed by atoms with E-state index in [1.807, 2.05) is 0 Å². The summed E-state index contributed by atoms with van der Waals surface area (Å²) in [6, 6.07) is 2.85. The van der Waals surface area contributed by atoms with E-state index in [1.165, 1.54) is 23.2 Å². The van der Waals surface area contributed by atoms with Crippen molar-refractivity contribution in [3.8, 4) is 5.75 Å². The van der Waals surface area contributed by atoms with Gasteiger partial charge in [0.25, 0.3) is 5.56 Å². The molecular weight excluding hydrogens is 372 g/mol. The van der Waals surface area contributed by atoms with Crippen molar-refractivity contribution in [3.05, 3.63) is 69.5 Å². The first-order chi connectivity index (χ1) is 13.5. The molecule has 0 aromatic carbocycles. The molecule has 0 spiro atoms. The predicted octanol–water partition coefficient (Wildman–Crippen LogP) is 0.0523. The number of hydrogen-bond donors (Lipinski definition) is 2. The van der Waals surface area contributed by atoms with Gasteiger partial charge in [0, 0.05) is 12.4 Å². The van der Waals surface area contributed by atoms with Crippen LogP contribution in [0.2, 0.25) is 0 Å². The molecule has 0 aliphatic carbocycles. The van der Waals surface area contributed by atoms with Gasteiger partial charge in [0.15, 0.2) is 12.6 Å². The van der Waals surface area contributed by atoms with Gasteiger partial charge in [0.2, 0.25) is 0 Å². The summed E-state index contributed by atoms with van der Waals surface area (Å²) in [6.45, 7) is 0.148. The third kappa shape index (κ3) is 3.38. The van der Waals surface area contributed by atoms with Gasteiger partial charge in [0.05, 0.1) is 23.6 Å². The van der Waals surface area contributed by atoms with Crippen LogP contribution in [0.4, 0.5) is 0 Å². The number of carboxylic acids is 1. The first-order valence-electron chi connectivity index (χ1n) is 7.91. The fraction of sp³-hybridized carbons (Fsp3) is 0.125. The summed E-state index contributed by atoms with van der Waals surface area (Å²) < 4.78 is 12.9. The highest BCUT2D eigenvalue weighted by Crippen LogP contribution is 2.13. The summed E-state index contributed by atoms with van der Waals surface area (Å²) in [5.74, 6) is -1.05. The lowest BCUT2D eigenvalue weighted by Gasteiger charge is -2.08. The van der Waals surface area contributed by atoms with Gasteiger partial charge in [-0.3, -0.25) is 18.9 Å². The minimum atomic E-state index is -1.23. The number of rotatable bonds is 6. The number of carbonyl (C=O) groups is 1. The minimum Gasteiger partial charge on any atom is -0.477 e. The van der Waals surface area contributed by atoms with E-state index in [2.05, 4.69) is 24.6 Å². The van der Waals surface area contributed by atoms with Crippen molar-refractivity contribution in [2.24, 2.45) is 0 Å². The van der Waals surface area contributed by atoms with Crippen LogP contribution < -0.4 is 16.1 Å². The maximum absolute atomic E-state index is 12.5. The lowest BCUT2D eigenvalue weighted by Crippen LogP contribution is -2.23. The Balaban J connectivity index is 1.51. The molecule has 142 valence electrons. The molecule has 2 N–H and O–H groups in total. The van der Waals surface area contributed by atoms with Crippen LogP contribution in [0.3, 0.4) is 0 Å². The summed E-state index contributed by atoms with van der Waals surface area (Å²) in [7, 11) is 0. The molecule has 0 aliphatic heterocycles. The van der Waals surface area contributed by atoms with Gasteiger partial charge in [-0.05, 0) is 12.1 Å². The number of fused-ring (bicyclic) bond motifs is 1. The maximum Gasteiger partial charge on any atom is 0.438 e. The second-order valence-corrected chi connectivity index (χ2v) is 5.75.